The molecule has 200 valence electrons. The molecular formula is C29H34N4O5. The van der Waals surface area contributed by atoms with Gasteiger partial charge in [0.2, 0.25) is 0 Å². The summed E-state index contributed by atoms with van der Waals surface area (Å²) >= 11 is 0. The highest BCUT2D eigenvalue weighted by molar-refractivity contribution is 6.08. The van der Waals surface area contributed by atoms with Gasteiger partial charge < -0.3 is 19.9 Å². The van der Waals surface area contributed by atoms with Gasteiger partial charge >= 0.3 is 0 Å². The molecule has 0 aliphatic rings. The fraction of sp³-hybridized carbons (Fsp3) is 0.276. The smallest absolute Gasteiger partial charge is 0.275 e. The number of amides is 3. The maximum Gasteiger partial charge on any atom is 0.275 e. The second-order valence-corrected chi connectivity index (χ2v) is 8.94. The SMILES string of the molecule is CNC(=O)C(C(=O)NO)N(C)C(=O)c1ccc(-c2ccc(OCCCN(C)Cc3ccccc3)cc2)cc1. The third-order valence-corrected chi connectivity index (χ3v) is 6.13. The van der Waals surface area contributed by atoms with Crippen LogP contribution in [0.1, 0.15) is 22.3 Å². The van der Waals surface area contributed by atoms with Crippen molar-refractivity contribution in [1.82, 2.24) is 20.6 Å². The van der Waals surface area contributed by atoms with E-state index in [0.29, 0.717) is 12.2 Å². The van der Waals surface area contributed by atoms with Crippen molar-refractivity contribution in [3.8, 4) is 16.9 Å². The highest BCUT2D eigenvalue weighted by atomic mass is 16.5. The Kier molecular flexibility index (Phi) is 10.4. The maximum atomic E-state index is 12.8. The zero-order valence-corrected chi connectivity index (χ0v) is 21.9. The van der Waals surface area contributed by atoms with Gasteiger partial charge in [-0.05, 0) is 54.4 Å². The third kappa shape index (κ3) is 7.64. The number of hydrogen-bond acceptors (Lipinski definition) is 6. The molecule has 3 N–H and O–H groups in total. The lowest BCUT2D eigenvalue weighted by atomic mass is 10.0. The fourth-order valence-corrected chi connectivity index (χ4v) is 4.04. The molecule has 0 radical (unpaired) electrons. The Morgan fingerprint density at radius 2 is 1.47 bits per heavy atom. The molecule has 0 aliphatic carbocycles. The summed E-state index contributed by atoms with van der Waals surface area (Å²) in [6, 6.07) is 23.4. The topological polar surface area (TPSA) is 111 Å². The van der Waals surface area contributed by atoms with Gasteiger partial charge in [0.1, 0.15) is 5.75 Å². The van der Waals surface area contributed by atoms with Crippen molar-refractivity contribution < 1.29 is 24.3 Å². The molecule has 0 saturated carbocycles. The van der Waals surface area contributed by atoms with Gasteiger partial charge in [0.25, 0.3) is 17.7 Å². The molecule has 9 heteroatoms. The van der Waals surface area contributed by atoms with E-state index in [1.54, 1.807) is 24.3 Å². The number of hydrogen-bond donors (Lipinski definition) is 3. The van der Waals surface area contributed by atoms with Crippen molar-refractivity contribution in [3.05, 3.63) is 90.0 Å². The van der Waals surface area contributed by atoms with Gasteiger partial charge in [-0.1, -0.05) is 54.6 Å². The first-order valence-electron chi connectivity index (χ1n) is 12.3. The molecule has 38 heavy (non-hydrogen) atoms. The average molecular weight is 519 g/mol. The highest BCUT2D eigenvalue weighted by Crippen LogP contribution is 2.23. The number of rotatable bonds is 12. The third-order valence-electron chi connectivity index (χ3n) is 6.13. The minimum Gasteiger partial charge on any atom is -0.494 e. The minimum atomic E-state index is -1.51. The molecule has 0 fully saturated rings. The Morgan fingerprint density at radius 1 is 0.868 bits per heavy atom. The van der Waals surface area contributed by atoms with E-state index in [-0.39, 0.29) is 0 Å². The van der Waals surface area contributed by atoms with Gasteiger partial charge in [0.15, 0.2) is 6.04 Å². The molecular weight excluding hydrogens is 484 g/mol. The van der Waals surface area contributed by atoms with Crippen LogP contribution in [-0.4, -0.2) is 73.1 Å². The Balaban J connectivity index is 1.52. The van der Waals surface area contributed by atoms with E-state index in [0.717, 1.165) is 41.3 Å². The summed E-state index contributed by atoms with van der Waals surface area (Å²) in [4.78, 5) is 40.0. The minimum absolute atomic E-state index is 0.299. The molecule has 1 atom stereocenters. The zero-order chi connectivity index (χ0) is 27.5. The Bertz CT molecular complexity index is 1180. The molecule has 0 saturated heterocycles. The molecule has 1 unspecified atom stereocenters. The number of nitrogens with zero attached hydrogens (tertiary/aromatic N) is 2. The van der Waals surface area contributed by atoms with Gasteiger partial charge in [-0.3, -0.25) is 19.6 Å². The standard InChI is InChI=1S/C29H34N4O5/c1-30-27(34)26(28(35)31-37)33(3)29(36)24-12-10-22(11-13-24)23-14-16-25(17-15-23)38-19-7-18-32(2)20-21-8-5-4-6-9-21/h4-6,8-17,26,37H,7,18-20H2,1-3H3,(H,30,34)(H,31,35). The summed E-state index contributed by atoms with van der Waals surface area (Å²) in [5.41, 5.74) is 4.87. The van der Waals surface area contributed by atoms with Crippen molar-refractivity contribution in [1.29, 1.82) is 0 Å². The molecule has 0 aliphatic heterocycles. The first-order valence-corrected chi connectivity index (χ1v) is 12.3. The van der Waals surface area contributed by atoms with Crippen molar-refractivity contribution in [3.63, 3.8) is 0 Å². The van der Waals surface area contributed by atoms with Crippen LogP contribution in [-0.2, 0) is 16.1 Å². The van der Waals surface area contributed by atoms with E-state index in [2.05, 4.69) is 29.4 Å². The normalized spacial score (nSPS) is 11.5. The lowest BCUT2D eigenvalue weighted by Crippen LogP contribution is -2.54. The summed E-state index contributed by atoms with van der Waals surface area (Å²) in [5, 5.41) is 11.3. The quantitative estimate of drug-likeness (QED) is 0.147. The number of carbonyl (C=O) groups excluding carboxylic acids is 3. The molecule has 0 bridgehead atoms. The predicted molar refractivity (Wildman–Crippen MR) is 145 cm³/mol. The van der Waals surface area contributed by atoms with Crippen LogP contribution in [0.4, 0.5) is 0 Å². The summed E-state index contributed by atoms with van der Waals surface area (Å²) in [5.74, 6) is -1.47. The molecule has 3 aromatic carbocycles. The van der Waals surface area contributed by atoms with E-state index in [1.807, 2.05) is 42.5 Å². The molecule has 0 spiro atoms. The Morgan fingerprint density at radius 3 is 2.05 bits per heavy atom. The second kappa shape index (κ2) is 13.9. The van der Waals surface area contributed by atoms with Gasteiger partial charge in [0.05, 0.1) is 6.61 Å². The van der Waals surface area contributed by atoms with Crippen LogP contribution in [0, 0.1) is 0 Å². The van der Waals surface area contributed by atoms with E-state index in [4.69, 9.17) is 9.94 Å². The molecule has 0 aromatic heterocycles. The second-order valence-electron chi connectivity index (χ2n) is 8.94. The number of nitrogens with one attached hydrogen (secondary N) is 2. The van der Waals surface area contributed by atoms with E-state index >= 15 is 0 Å². The first kappa shape index (κ1) is 28.4. The summed E-state index contributed by atoms with van der Waals surface area (Å²) < 4.78 is 5.89. The Labute approximate surface area is 223 Å². The lowest BCUT2D eigenvalue weighted by Gasteiger charge is -2.25. The van der Waals surface area contributed by atoms with Gasteiger partial charge in [-0.15, -0.1) is 0 Å². The Hall–Kier alpha value is -4.21. The molecule has 3 amide bonds. The summed E-state index contributed by atoms with van der Waals surface area (Å²) in [6.07, 6.45) is 0.912. The van der Waals surface area contributed by atoms with Crippen molar-refractivity contribution in [2.45, 2.75) is 19.0 Å². The number of hydroxylamine groups is 1. The van der Waals surface area contributed by atoms with E-state index in [9.17, 15) is 14.4 Å². The van der Waals surface area contributed by atoms with Crippen LogP contribution in [0.2, 0.25) is 0 Å². The van der Waals surface area contributed by atoms with Gasteiger partial charge in [0, 0.05) is 32.7 Å². The van der Waals surface area contributed by atoms with Crippen LogP contribution in [0.3, 0.4) is 0 Å². The molecule has 3 aromatic rings. The number of benzene rings is 3. The van der Waals surface area contributed by atoms with Crippen molar-refractivity contribution >= 4 is 17.7 Å². The number of likely N-dealkylation sites (N-methyl/N-ethyl adjacent to an activating group) is 2. The van der Waals surface area contributed by atoms with Crippen LogP contribution in [0.25, 0.3) is 11.1 Å². The van der Waals surface area contributed by atoms with Crippen molar-refractivity contribution in [2.24, 2.45) is 0 Å². The molecule has 3 rings (SSSR count). The summed E-state index contributed by atoms with van der Waals surface area (Å²) in [7, 11) is 4.77. The maximum absolute atomic E-state index is 12.8. The summed E-state index contributed by atoms with van der Waals surface area (Å²) in [6.45, 7) is 2.46. The van der Waals surface area contributed by atoms with Crippen molar-refractivity contribution in [2.75, 3.05) is 34.3 Å². The average Bonchev–Trinajstić information content (AvgIpc) is 2.95. The van der Waals surface area contributed by atoms with Crippen LogP contribution in [0.5, 0.6) is 5.75 Å². The van der Waals surface area contributed by atoms with Gasteiger partial charge in [-0.2, -0.15) is 0 Å². The number of carbonyl (C=O) groups is 3. The highest BCUT2D eigenvalue weighted by Gasteiger charge is 2.33. The largest absolute Gasteiger partial charge is 0.494 e. The lowest BCUT2D eigenvalue weighted by molar-refractivity contribution is -0.140. The molecule has 0 heterocycles. The van der Waals surface area contributed by atoms with E-state index < -0.39 is 23.8 Å². The first-order chi connectivity index (χ1) is 18.3. The van der Waals surface area contributed by atoms with Crippen LogP contribution in [0.15, 0.2) is 78.9 Å². The zero-order valence-electron chi connectivity index (χ0n) is 21.9. The fourth-order valence-electron chi connectivity index (χ4n) is 4.04. The van der Waals surface area contributed by atoms with Crippen LogP contribution < -0.4 is 15.5 Å². The number of ether oxygens (including phenoxy) is 1. The van der Waals surface area contributed by atoms with Gasteiger partial charge in [-0.25, -0.2) is 5.48 Å². The molecule has 9 nitrogen and oxygen atoms in total. The van der Waals surface area contributed by atoms with Crippen LogP contribution >= 0.6 is 0 Å². The monoisotopic (exact) mass is 518 g/mol. The predicted octanol–water partition coefficient (Wildman–Crippen LogP) is 2.95. The van der Waals surface area contributed by atoms with E-state index in [1.165, 1.54) is 25.1 Å².